The Bertz CT molecular complexity index is 557. The molecule has 2 N–H and O–H groups in total. The van der Waals surface area contributed by atoms with Gasteiger partial charge in [-0.2, -0.15) is 5.26 Å². The number of carbonyl (C=O) groups is 2. The maximum Gasteiger partial charge on any atom is 0.303 e. The second-order valence-corrected chi connectivity index (χ2v) is 5.57. The number of nitrogens with zero attached hydrogens (tertiary/aromatic N) is 1. The number of nitrogens with one attached hydrogen (secondary N) is 1. The first kappa shape index (κ1) is 13.6. The molecule has 0 spiro atoms. The highest BCUT2D eigenvalue weighted by atomic mass is 32.1. The third kappa shape index (κ3) is 3.12. The van der Waals surface area contributed by atoms with Crippen molar-refractivity contribution >= 4 is 28.9 Å². The summed E-state index contributed by atoms with van der Waals surface area (Å²) in [6.07, 6.45) is 3.75. The fourth-order valence-corrected chi connectivity index (χ4v) is 3.34. The van der Waals surface area contributed by atoms with Crippen LogP contribution in [-0.2, 0) is 22.4 Å². The van der Waals surface area contributed by atoms with Gasteiger partial charge in [0, 0.05) is 11.3 Å². The number of aliphatic carboxylic acids is 1. The average molecular weight is 278 g/mol. The zero-order chi connectivity index (χ0) is 13.8. The smallest absolute Gasteiger partial charge is 0.303 e. The monoisotopic (exact) mass is 278 g/mol. The van der Waals surface area contributed by atoms with Gasteiger partial charge in [-0.25, -0.2) is 0 Å². The molecule has 1 aromatic rings. The van der Waals surface area contributed by atoms with Gasteiger partial charge in [0.2, 0.25) is 5.91 Å². The molecule has 2 rings (SSSR count). The molecule has 0 atom stereocenters. The van der Waals surface area contributed by atoms with Crippen LogP contribution in [0.25, 0.3) is 0 Å². The number of hydrogen-bond acceptors (Lipinski definition) is 4. The van der Waals surface area contributed by atoms with E-state index in [0.717, 1.165) is 31.2 Å². The Labute approximate surface area is 114 Å². The Balaban J connectivity index is 2.15. The molecule has 0 aromatic carbocycles. The first-order chi connectivity index (χ1) is 9.11. The first-order valence-electron chi connectivity index (χ1n) is 6.18. The maximum atomic E-state index is 11.7. The largest absolute Gasteiger partial charge is 0.481 e. The Morgan fingerprint density at radius 1 is 1.32 bits per heavy atom. The molecule has 19 heavy (non-hydrogen) atoms. The molecule has 1 amide bonds. The summed E-state index contributed by atoms with van der Waals surface area (Å²) >= 11 is 1.44. The molecular formula is C13H14N2O3S. The number of hydrogen-bond donors (Lipinski definition) is 2. The van der Waals surface area contributed by atoms with Gasteiger partial charge in [0.15, 0.2) is 0 Å². The molecule has 1 aliphatic rings. The minimum Gasteiger partial charge on any atom is -0.481 e. The Morgan fingerprint density at radius 2 is 2.05 bits per heavy atom. The van der Waals surface area contributed by atoms with Gasteiger partial charge < -0.3 is 10.4 Å². The number of nitriles is 1. The fourth-order valence-electron chi connectivity index (χ4n) is 2.20. The highest BCUT2D eigenvalue weighted by Gasteiger charge is 2.22. The van der Waals surface area contributed by atoms with Crippen molar-refractivity contribution in [3.8, 4) is 6.07 Å². The van der Waals surface area contributed by atoms with E-state index < -0.39 is 5.97 Å². The number of fused-ring (bicyclic) bond motifs is 1. The number of amides is 1. The van der Waals surface area contributed by atoms with E-state index in [-0.39, 0.29) is 18.7 Å². The molecule has 6 heteroatoms. The van der Waals surface area contributed by atoms with E-state index in [9.17, 15) is 9.59 Å². The van der Waals surface area contributed by atoms with E-state index in [1.54, 1.807) is 0 Å². The van der Waals surface area contributed by atoms with Crippen LogP contribution in [0.5, 0.6) is 0 Å². The lowest BCUT2D eigenvalue weighted by molar-refractivity contribution is -0.138. The third-order valence-corrected chi connectivity index (χ3v) is 4.30. The van der Waals surface area contributed by atoms with Crippen LogP contribution in [-0.4, -0.2) is 17.0 Å². The van der Waals surface area contributed by atoms with Crippen molar-refractivity contribution in [1.82, 2.24) is 0 Å². The SMILES string of the molecule is N#Cc1sc2c(c1NC(=O)CCC(=O)O)CCCC2. The van der Waals surface area contributed by atoms with Crippen molar-refractivity contribution < 1.29 is 14.7 Å². The van der Waals surface area contributed by atoms with E-state index in [1.807, 2.05) is 0 Å². The molecule has 100 valence electrons. The highest BCUT2D eigenvalue weighted by Crippen LogP contribution is 2.37. The topological polar surface area (TPSA) is 90.2 Å². The summed E-state index contributed by atoms with van der Waals surface area (Å²) in [6.45, 7) is 0. The highest BCUT2D eigenvalue weighted by molar-refractivity contribution is 7.13. The fraction of sp³-hybridized carbons (Fsp3) is 0.462. The minimum absolute atomic E-state index is 0.0647. The van der Waals surface area contributed by atoms with Crippen LogP contribution < -0.4 is 5.32 Å². The van der Waals surface area contributed by atoms with E-state index in [2.05, 4.69) is 11.4 Å². The van der Waals surface area contributed by atoms with Crippen LogP contribution in [0.2, 0.25) is 0 Å². The normalized spacial score (nSPS) is 13.4. The molecule has 1 aliphatic carbocycles. The summed E-state index contributed by atoms with van der Waals surface area (Å²) in [5.74, 6) is -1.34. The predicted octanol–water partition coefficient (Wildman–Crippen LogP) is 2.30. The number of carbonyl (C=O) groups excluding carboxylic acids is 1. The summed E-state index contributed by atoms with van der Waals surface area (Å²) in [6, 6.07) is 2.11. The number of anilines is 1. The first-order valence-corrected chi connectivity index (χ1v) is 6.99. The molecule has 0 aliphatic heterocycles. The van der Waals surface area contributed by atoms with Crippen molar-refractivity contribution in [3.63, 3.8) is 0 Å². The minimum atomic E-state index is -0.997. The molecule has 1 aromatic heterocycles. The predicted molar refractivity (Wildman–Crippen MR) is 71.2 cm³/mol. The lowest BCUT2D eigenvalue weighted by atomic mass is 9.97. The molecule has 5 nitrogen and oxygen atoms in total. The van der Waals surface area contributed by atoms with Gasteiger partial charge in [-0.1, -0.05) is 0 Å². The molecule has 0 fully saturated rings. The van der Waals surface area contributed by atoms with Gasteiger partial charge in [0.1, 0.15) is 10.9 Å². The van der Waals surface area contributed by atoms with Crippen molar-refractivity contribution in [3.05, 3.63) is 15.3 Å². The average Bonchev–Trinajstić information content (AvgIpc) is 2.75. The Kier molecular flexibility index (Phi) is 4.17. The second kappa shape index (κ2) is 5.85. The summed E-state index contributed by atoms with van der Waals surface area (Å²) in [5, 5.41) is 20.4. The van der Waals surface area contributed by atoms with E-state index >= 15 is 0 Å². The van der Waals surface area contributed by atoms with E-state index in [1.165, 1.54) is 16.2 Å². The number of aryl methyl sites for hydroxylation is 1. The number of carboxylic acid groups (broad SMARTS) is 1. The van der Waals surface area contributed by atoms with Gasteiger partial charge in [0.25, 0.3) is 0 Å². The van der Waals surface area contributed by atoms with Crippen LogP contribution in [0.3, 0.4) is 0 Å². The van der Waals surface area contributed by atoms with E-state index in [0.29, 0.717) is 10.6 Å². The Hall–Kier alpha value is -1.87. The molecular weight excluding hydrogens is 264 g/mol. The zero-order valence-corrected chi connectivity index (χ0v) is 11.2. The lowest BCUT2D eigenvalue weighted by Crippen LogP contribution is -2.15. The summed E-state index contributed by atoms with van der Waals surface area (Å²) in [4.78, 5) is 23.8. The van der Waals surface area contributed by atoms with Crippen molar-refractivity contribution in [1.29, 1.82) is 5.26 Å². The third-order valence-electron chi connectivity index (χ3n) is 3.10. The molecule has 1 heterocycles. The van der Waals surface area contributed by atoms with Crippen LogP contribution in [0, 0.1) is 11.3 Å². The second-order valence-electron chi connectivity index (χ2n) is 4.47. The van der Waals surface area contributed by atoms with Crippen LogP contribution in [0.15, 0.2) is 0 Å². The molecule has 0 saturated carbocycles. The number of rotatable bonds is 4. The summed E-state index contributed by atoms with van der Waals surface area (Å²) < 4.78 is 0. The van der Waals surface area contributed by atoms with Crippen molar-refractivity contribution in [2.45, 2.75) is 38.5 Å². The zero-order valence-electron chi connectivity index (χ0n) is 10.4. The molecule has 0 saturated heterocycles. The summed E-state index contributed by atoms with van der Waals surface area (Å²) in [5.41, 5.74) is 1.68. The standard InChI is InChI=1S/C13H14N2O3S/c14-7-10-13(15-11(16)5-6-12(17)18)8-3-1-2-4-9(8)19-10/h1-6H2,(H,15,16)(H,17,18). The van der Waals surface area contributed by atoms with Crippen LogP contribution >= 0.6 is 11.3 Å². The van der Waals surface area contributed by atoms with Crippen molar-refractivity contribution in [2.24, 2.45) is 0 Å². The van der Waals surface area contributed by atoms with Gasteiger partial charge in [0.05, 0.1) is 12.1 Å². The lowest BCUT2D eigenvalue weighted by Gasteiger charge is -2.13. The maximum absolute atomic E-state index is 11.7. The van der Waals surface area contributed by atoms with Crippen molar-refractivity contribution in [2.75, 3.05) is 5.32 Å². The van der Waals surface area contributed by atoms with Gasteiger partial charge in [-0.15, -0.1) is 11.3 Å². The van der Waals surface area contributed by atoms with Gasteiger partial charge >= 0.3 is 5.97 Å². The molecule has 0 bridgehead atoms. The molecule has 0 radical (unpaired) electrons. The van der Waals surface area contributed by atoms with Gasteiger partial charge in [-0.05, 0) is 31.2 Å². The van der Waals surface area contributed by atoms with Crippen LogP contribution in [0.1, 0.15) is 41.0 Å². The quantitative estimate of drug-likeness (QED) is 0.884. The van der Waals surface area contributed by atoms with Gasteiger partial charge in [-0.3, -0.25) is 9.59 Å². The summed E-state index contributed by atoms with van der Waals surface area (Å²) in [7, 11) is 0. The van der Waals surface area contributed by atoms with E-state index in [4.69, 9.17) is 10.4 Å². The Morgan fingerprint density at radius 3 is 2.74 bits per heavy atom. The van der Waals surface area contributed by atoms with Crippen LogP contribution in [0.4, 0.5) is 5.69 Å². The number of thiophene rings is 1. The molecule has 0 unspecified atom stereocenters. The number of carboxylic acids is 1.